The average molecular weight is 505 g/mol. The fourth-order valence-electron chi connectivity index (χ4n) is 5.22. The van der Waals surface area contributed by atoms with Crippen LogP contribution in [0.1, 0.15) is 34.5 Å². The standard InChI is InChI=1S/C24H27F3N6OS/c1-28-20(34)14-3-5-15(6-4-14)30-16-7-8-23(10-16)12-33(13-23)19-18-9-17(11-24(25,26)27)35-21(18)32-22(29-2)31-19/h3-6,9,16,30H,7-8,10-13H2,1-2H3,(H,28,34)(H,29,31,32). The van der Waals surface area contributed by atoms with Crippen LogP contribution >= 0.6 is 11.3 Å². The third-order valence-corrected chi connectivity index (χ3v) is 7.85. The summed E-state index contributed by atoms with van der Waals surface area (Å²) in [6, 6.07) is 9.40. The number of rotatable bonds is 6. The third-order valence-electron chi connectivity index (χ3n) is 6.82. The molecule has 1 saturated heterocycles. The van der Waals surface area contributed by atoms with Crippen molar-refractivity contribution in [2.24, 2.45) is 5.41 Å². The second-order valence-corrected chi connectivity index (χ2v) is 10.6. The number of thiophene rings is 1. The summed E-state index contributed by atoms with van der Waals surface area (Å²) in [6.07, 6.45) is -2.08. The summed E-state index contributed by atoms with van der Waals surface area (Å²) in [4.78, 5) is 23.7. The summed E-state index contributed by atoms with van der Waals surface area (Å²) < 4.78 is 38.8. The van der Waals surface area contributed by atoms with Crippen molar-refractivity contribution in [2.45, 2.75) is 37.9 Å². The number of benzene rings is 1. The van der Waals surface area contributed by atoms with Gasteiger partial charge in [-0.1, -0.05) is 0 Å². The summed E-state index contributed by atoms with van der Waals surface area (Å²) in [5, 5.41) is 9.82. The molecule has 2 aromatic heterocycles. The second-order valence-electron chi connectivity index (χ2n) is 9.44. The lowest BCUT2D eigenvalue weighted by molar-refractivity contribution is -0.126. The summed E-state index contributed by atoms with van der Waals surface area (Å²) in [5.74, 6) is 1.01. The van der Waals surface area contributed by atoms with E-state index in [0.717, 1.165) is 49.4 Å². The van der Waals surface area contributed by atoms with Gasteiger partial charge in [-0.25, -0.2) is 4.98 Å². The molecular weight excluding hydrogens is 477 g/mol. The number of hydrogen-bond donors (Lipinski definition) is 3. The van der Waals surface area contributed by atoms with Gasteiger partial charge in [0.05, 0.1) is 11.8 Å². The Kier molecular flexibility index (Phi) is 5.98. The van der Waals surface area contributed by atoms with Crippen molar-refractivity contribution in [3.05, 3.63) is 40.8 Å². The molecule has 1 saturated carbocycles. The van der Waals surface area contributed by atoms with Gasteiger partial charge in [-0.3, -0.25) is 4.79 Å². The van der Waals surface area contributed by atoms with Crippen LogP contribution < -0.4 is 20.9 Å². The molecule has 0 radical (unpaired) electrons. The zero-order valence-corrected chi connectivity index (χ0v) is 20.3. The minimum atomic E-state index is -4.25. The van der Waals surface area contributed by atoms with Crippen molar-refractivity contribution in [1.29, 1.82) is 0 Å². The van der Waals surface area contributed by atoms with Crippen molar-refractivity contribution >= 4 is 44.9 Å². The number of aromatic nitrogens is 2. The molecule has 3 heterocycles. The first-order valence-corrected chi connectivity index (χ1v) is 12.4. The molecule has 2 aliphatic rings. The Morgan fingerprint density at radius 1 is 1.20 bits per heavy atom. The average Bonchev–Trinajstić information content (AvgIpc) is 3.40. The first-order valence-electron chi connectivity index (χ1n) is 11.6. The second kappa shape index (κ2) is 8.85. The number of nitrogens with zero attached hydrogens (tertiary/aromatic N) is 3. The Balaban J connectivity index is 1.27. The van der Waals surface area contributed by atoms with E-state index < -0.39 is 12.6 Å². The fraction of sp³-hybridized carbons (Fsp3) is 0.458. The Bertz CT molecular complexity index is 1240. The molecule has 3 N–H and O–H groups in total. The number of hydrogen-bond acceptors (Lipinski definition) is 7. The van der Waals surface area contributed by atoms with Crippen LogP contribution in [0.2, 0.25) is 0 Å². The first kappa shape index (κ1) is 23.7. The highest BCUT2D eigenvalue weighted by atomic mass is 32.1. The molecular formula is C24H27F3N6OS. The van der Waals surface area contributed by atoms with Crippen molar-refractivity contribution in [2.75, 3.05) is 42.7 Å². The van der Waals surface area contributed by atoms with Gasteiger partial charge in [0, 0.05) is 54.8 Å². The van der Waals surface area contributed by atoms with E-state index in [4.69, 9.17) is 0 Å². The van der Waals surface area contributed by atoms with E-state index in [1.165, 1.54) is 0 Å². The molecule has 186 valence electrons. The minimum absolute atomic E-state index is 0.109. The van der Waals surface area contributed by atoms with Crippen LogP contribution in [-0.2, 0) is 6.42 Å². The van der Waals surface area contributed by atoms with Crippen molar-refractivity contribution in [3.8, 4) is 0 Å². The topological polar surface area (TPSA) is 82.2 Å². The van der Waals surface area contributed by atoms with Crippen LogP contribution in [0.3, 0.4) is 0 Å². The molecule has 2 fully saturated rings. The number of fused-ring (bicyclic) bond motifs is 1. The number of anilines is 3. The monoisotopic (exact) mass is 504 g/mol. The summed E-state index contributed by atoms with van der Waals surface area (Å²) in [6.45, 7) is 1.64. The van der Waals surface area contributed by atoms with Gasteiger partial charge >= 0.3 is 6.18 Å². The van der Waals surface area contributed by atoms with Crippen molar-refractivity contribution in [1.82, 2.24) is 15.3 Å². The van der Waals surface area contributed by atoms with Gasteiger partial charge in [0.25, 0.3) is 5.91 Å². The molecule has 35 heavy (non-hydrogen) atoms. The molecule has 5 rings (SSSR count). The van der Waals surface area contributed by atoms with Gasteiger partial charge in [-0.05, 0) is 49.6 Å². The summed E-state index contributed by atoms with van der Waals surface area (Å²) in [5.41, 5.74) is 1.78. The van der Waals surface area contributed by atoms with Gasteiger partial charge < -0.3 is 20.9 Å². The quantitative estimate of drug-likeness (QED) is 0.453. The lowest BCUT2D eigenvalue weighted by Crippen LogP contribution is -2.56. The van der Waals surface area contributed by atoms with Crippen LogP contribution in [0.25, 0.3) is 10.2 Å². The van der Waals surface area contributed by atoms with E-state index in [1.54, 1.807) is 20.2 Å². The van der Waals surface area contributed by atoms with Crippen LogP contribution in [0.5, 0.6) is 0 Å². The van der Waals surface area contributed by atoms with Gasteiger partial charge in [0.2, 0.25) is 5.95 Å². The van der Waals surface area contributed by atoms with Gasteiger partial charge in [0.15, 0.2) is 0 Å². The third kappa shape index (κ3) is 4.86. The predicted molar refractivity (Wildman–Crippen MR) is 132 cm³/mol. The maximum atomic E-state index is 12.9. The molecule has 1 aromatic carbocycles. The SMILES string of the molecule is CNC(=O)c1ccc(NC2CCC3(C2)CN(c2nc(NC)nc4sc(CC(F)(F)F)cc24)C3)cc1. The molecule has 1 amide bonds. The smallest absolute Gasteiger partial charge is 0.382 e. The molecule has 0 bridgehead atoms. The fourth-order valence-corrected chi connectivity index (χ4v) is 6.28. The normalized spacial score (nSPS) is 19.1. The largest absolute Gasteiger partial charge is 0.393 e. The molecule has 1 atom stereocenters. The van der Waals surface area contributed by atoms with Crippen molar-refractivity contribution < 1.29 is 18.0 Å². The Labute approximate surface area is 205 Å². The Morgan fingerprint density at radius 3 is 2.60 bits per heavy atom. The number of alkyl halides is 3. The molecule has 3 aromatic rings. The predicted octanol–water partition coefficient (Wildman–Crippen LogP) is 4.67. The summed E-state index contributed by atoms with van der Waals surface area (Å²) >= 11 is 1.08. The van der Waals surface area contributed by atoms with Crippen molar-refractivity contribution in [3.63, 3.8) is 0 Å². The highest BCUT2D eigenvalue weighted by Crippen LogP contribution is 2.49. The van der Waals surface area contributed by atoms with Crippen LogP contribution in [-0.4, -0.2) is 55.3 Å². The Morgan fingerprint density at radius 2 is 1.94 bits per heavy atom. The van der Waals surface area contributed by atoms with E-state index in [2.05, 4.69) is 30.8 Å². The zero-order chi connectivity index (χ0) is 24.8. The maximum Gasteiger partial charge on any atom is 0.393 e. The Hall–Kier alpha value is -3.08. The number of carbonyl (C=O) groups is 1. The lowest BCUT2D eigenvalue weighted by atomic mass is 9.78. The van der Waals surface area contributed by atoms with Gasteiger partial charge in [0.1, 0.15) is 10.6 Å². The van der Waals surface area contributed by atoms with Crippen LogP contribution in [0.4, 0.5) is 30.6 Å². The number of carbonyl (C=O) groups excluding carboxylic acids is 1. The highest BCUT2D eigenvalue weighted by molar-refractivity contribution is 7.18. The zero-order valence-electron chi connectivity index (χ0n) is 19.5. The van der Waals surface area contributed by atoms with E-state index in [1.807, 2.05) is 24.3 Å². The van der Waals surface area contributed by atoms with Gasteiger partial charge in [-0.15, -0.1) is 11.3 Å². The highest BCUT2D eigenvalue weighted by Gasteiger charge is 2.49. The lowest BCUT2D eigenvalue weighted by Gasteiger charge is -2.49. The molecule has 1 aliphatic heterocycles. The van der Waals surface area contributed by atoms with E-state index >= 15 is 0 Å². The maximum absolute atomic E-state index is 12.9. The number of halogens is 3. The van der Waals surface area contributed by atoms with Crippen LogP contribution in [0.15, 0.2) is 30.3 Å². The van der Waals surface area contributed by atoms with Crippen LogP contribution in [0, 0.1) is 5.41 Å². The molecule has 1 unspecified atom stereocenters. The number of nitrogens with one attached hydrogen (secondary N) is 3. The number of amides is 1. The van der Waals surface area contributed by atoms with E-state index in [9.17, 15) is 18.0 Å². The molecule has 7 nitrogen and oxygen atoms in total. The minimum Gasteiger partial charge on any atom is -0.382 e. The van der Waals surface area contributed by atoms with E-state index in [0.29, 0.717) is 33.6 Å². The molecule has 1 spiro atoms. The summed E-state index contributed by atoms with van der Waals surface area (Å²) in [7, 11) is 3.32. The first-order chi connectivity index (χ1) is 16.7. The van der Waals surface area contributed by atoms with Gasteiger partial charge in [-0.2, -0.15) is 18.2 Å². The van der Waals surface area contributed by atoms with E-state index in [-0.39, 0.29) is 16.2 Å². The molecule has 1 aliphatic carbocycles. The molecule has 11 heteroatoms.